The van der Waals surface area contributed by atoms with Crippen LogP contribution >= 0.6 is 0 Å². The molecule has 1 aliphatic heterocycles. The Morgan fingerprint density at radius 1 is 1.33 bits per heavy atom. The summed E-state index contributed by atoms with van der Waals surface area (Å²) >= 11 is 0. The zero-order chi connectivity index (χ0) is 19.8. The summed E-state index contributed by atoms with van der Waals surface area (Å²) in [5.41, 5.74) is 9.07. The van der Waals surface area contributed by atoms with Crippen molar-refractivity contribution in [2.75, 3.05) is 18.9 Å². The Morgan fingerprint density at radius 3 is 2.63 bits per heavy atom. The van der Waals surface area contributed by atoms with Crippen molar-refractivity contribution in [2.24, 2.45) is 5.41 Å². The molecule has 3 rings (SSSR count). The van der Waals surface area contributed by atoms with Crippen LogP contribution in [0.15, 0.2) is 24.3 Å². The number of aromatic nitrogens is 2. The second-order valence-corrected chi connectivity index (χ2v) is 7.22. The fourth-order valence-electron chi connectivity index (χ4n) is 3.62. The van der Waals surface area contributed by atoms with Crippen molar-refractivity contribution < 1.29 is 15.0 Å². The number of benzene rings is 1. The molecule has 2 heterocycles. The van der Waals surface area contributed by atoms with Gasteiger partial charge in [-0.15, -0.1) is 0 Å². The minimum atomic E-state index is -1.20. The van der Waals surface area contributed by atoms with E-state index in [4.69, 9.17) is 5.73 Å². The van der Waals surface area contributed by atoms with Gasteiger partial charge in [0.15, 0.2) is 0 Å². The van der Waals surface area contributed by atoms with Gasteiger partial charge in [0.1, 0.15) is 0 Å². The number of aliphatic hydroxyl groups excluding tert-OH is 2. The number of aliphatic hydroxyl groups is 2. The highest BCUT2D eigenvalue weighted by atomic mass is 16.3. The fraction of sp³-hybridized carbons (Fsp3) is 0.450. The molecule has 0 bridgehead atoms. The number of hydrogen-bond acceptors (Lipinski definition) is 6. The van der Waals surface area contributed by atoms with Crippen molar-refractivity contribution in [1.29, 1.82) is 0 Å². The number of aryl methyl sites for hydroxylation is 1. The van der Waals surface area contributed by atoms with Gasteiger partial charge in [-0.2, -0.15) is 0 Å². The lowest BCUT2D eigenvalue weighted by atomic mass is 9.85. The zero-order valence-corrected chi connectivity index (χ0v) is 15.9. The molecule has 1 aliphatic rings. The third kappa shape index (κ3) is 3.17. The Hall–Kier alpha value is -2.51. The molecule has 4 N–H and O–H groups in total. The molecule has 144 valence electrons. The summed E-state index contributed by atoms with van der Waals surface area (Å²) in [6.45, 7) is 5.18. The van der Waals surface area contributed by atoms with Crippen molar-refractivity contribution in [2.45, 2.75) is 39.8 Å². The van der Waals surface area contributed by atoms with Crippen LogP contribution < -0.4 is 5.73 Å². The molecule has 27 heavy (non-hydrogen) atoms. The lowest BCUT2D eigenvalue weighted by Gasteiger charge is -2.33. The number of nitrogens with two attached hydrogens (primary N) is 1. The van der Waals surface area contributed by atoms with E-state index >= 15 is 0 Å². The molecule has 0 radical (unpaired) electrons. The zero-order valence-electron chi connectivity index (χ0n) is 15.9. The normalized spacial score (nSPS) is 16.5. The van der Waals surface area contributed by atoms with Gasteiger partial charge in [0.25, 0.3) is 0 Å². The molecule has 1 aromatic carbocycles. The second-order valence-electron chi connectivity index (χ2n) is 7.22. The van der Waals surface area contributed by atoms with Crippen LogP contribution in [0.25, 0.3) is 11.3 Å². The molecule has 0 fully saturated rings. The average Bonchev–Trinajstić information content (AvgIpc) is 2.99. The molecule has 7 heteroatoms. The standard InChI is InChI=1S/C20H26N4O3/c1-4-20(10-25,11-26)18(27)24-9-15-16(13(24)3)22-19(21)23-17(15)14-7-5-6-12(2)8-14/h5-8,13,25-26H,4,9-11H2,1-3H3,(H2,21,22,23)/t13-/m1/s1. The molecule has 0 spiro atoms. The molecular formula is C20H26N4O3. The molecule has 0 saturated carbocycles. The van der Waals surface area contributed by atoms with Crippen molar-refractivity contribution >= 4 is 11.9 Å². The van der Waals surface area contributed by atoms with Gasteiger partial charge in [-0.1, -0.05) is 30.7 Å². The Balaban J connectivity index is 2.06. The Morgan fingerprint density at radius 2 is 2.04 bits per heavy atom. The van der Waals surface area contributed by atoms with E-state index in [-0.39, 0.29) is 17.9 Å². The highest BCUT2D eigenvalue weighted by molar-refractivity contribution is 5.84. The maximum atomic E-state index is 13.2. The first-order valence-corrected chi connectivity index (χ1v) is 9.13. The Labute approximate surface area is 158 Å². The van der Waals surface area contributed by atoms with Crippen LogP contribution in [0.4, 0.5) is 5.95 Å². The summed E-state index contributed by atoms with van der Waals surface area (Å²) in [5, 5.41) is 19.5. The van der Waals surface area contributed by atoms with Crippen LogP contribution in [0.5, 0.6) is 0 Å². The maximum absolute atomic E-state index is 13.2. The number of amides is 1. The van der Waals surface area contributed by atoms with Gasteiger partial charge in [-0.3, -0.25) is 4.79 Å². The van der Waals surface area contributed by atoms with Crippen LogP contribution in [-0.2, 0) is 11.3 Å². The summed E-state index contributed by atoms with van der Waals surface area (Å²) in [5.74, 6) is -0.119. The number of rotatable bonds is 5. The molecule has 1 amide bonds. The number of nitrogen functional groups attached to an aromatic ring is 1. The minimum Gasteiger partial charge on any atom is -0.395 e. The molecule has 0 unspecified atom stereocenters. The quantitative estimate of drug-likeness (QED) is 0.740. The highest BCUT2D eigenvalue weighted by Crippen LogP contribution is 2.40. The van der Waals surface area contributed by atoms with Crippen LogP contribution in [0.1, 0.15) is 43.1 Å². The van der Waals surface area contributed by atoms with Crippen molar-refractivity contribution in [1.82, 2.24) is 14.9 Å². The van der Waals surface area contributed by atoms with E-state index in [1.54, 1.807) is 11.8 Å². The molecule has 2 aromatic rings. The van der Waals surface area contributed by atoms with Gasteiger partial charge in [-0.05, 0) is 26.3 Å². The van der Waals surface area contributed by atoms with Crippen LogP contribution in [-0.4, -0.2) is 44.2 Å². The number of hydrogen-bond donors (Lipinski definition) is 3. The topological polar surface area (TPSA) is 113 Å². The Kier molecular flexibility index (Phi) is 5.17. The van der Waals surface area contributed by atoms with E-state index in [9.17, 15) is 15.0 Å². The predicted octanol–water partition coefficient (Wildman–Crippen LogP) is 1.82. The van der Waals surface area contributed by atoms with Crippen molar-refractivity contribution in [3.63, 3.8) is 0 Å². The predicted molar refractivity (Wildman–Crippen MR) is 102 cm³/mol. The van der Waals surface area contributed by atoms with E-state index in [1.807, 2.05) is 38.1 Å². The van der Waals surface area contributed by atoms with E-state index in [1.165, 1.54) is 0 Å². The lowest BCUT2D eigenvalue weighted by molar-refractivity contribution is -0.150. The third-order valence-corrected chi connectivity index (χ3v) is 5.54. The van der Waals surface area contributed by atoms with Crippen LogP contribution in [0.3, 0.4) is 0 Å². The second kappa shape index (κ2) is 7.25. The molecule has 7 nitrogen and oxygen atoms in total. The number of carbonyl (C=O) groups is 1. The monoisotopic (exact) mass is 370 g/mol. The van der Waals surface area contributed by atoms with Gasteiger partial charge in [-0.25, -0.2) is 9.97 Å². The molecule has 1 atom stereocenters. The van der Waals surface area contributed by atoms with Crippen molar-refractivity contribution in [3.8, 4) is 11.3 Å². The first-order valence-electron chi connectivity index (χ1n) is 9.13. The highest BCUT2D eigenvalue weighted by Gasteiger charge is 2.44. The van der Waals surface area contributed by atoms with Gasteiger partial charge in [0, 0.05) is 11.1 Å². The first kappa shape index (κ1) is 19.3. The van der Waals surface area contributed by atoms with Crippen LogP contribution in [0.2, 0.25) is 0 Å². The largest absolute Gasteiger partial charge is 0.395 e. The summed E-state index contributed by atoms with van der Waals surface area (Å²) in [4.78, 5) is 23.6. The number of carbonyl (C=O) groups excluding carboxylic acids is 1. The van der Waals surface area contributed by atoms with E-state index in [0.29, 0.717) is 18.7 Å². The van der Waals surface area contributed by atoms with E-state index < -0.39 is 18.6 Å². The lowest BCUT2D eigenvalue weighted by Crippen LogP contribution is -2.47. The van der Waals surface area contributed by atoms with E-state index in [2.05, 4.69) is 9.97 Å². The van der Waals surface area contributed by atoms with Gasteiger partial charge < -0.3 is 20.8 Å². The number of nitrogens with zero attached hydrogens (tertiary/aromatic N) is 3. The summed E-state index contributed by atoms with van der Waals surface area (Å²) in [6, 6.07) is 7.63. The molecule has 0 aliphatic carbocycles. The van der Waals surface area contributed by atoms with Gasteiger partial charge in [0.2, 0.25) is 11.9 Å². The Bertz CT molecular complexity index is 856. The number of fused-ring (bicyclic) bond motifs is 1. The third-order valence-electron chi connectivity index (χ3n) is 5.54. The average molecular weight is 370 g/mol. The smallest absolute Gasteiger partial charge is 0.234 e. The van der Waals surface area contributed by atoms with Crippen LogP contribution in [0, 0.1) is 12.3 Å². The molecule has 0 saturated heterocycles. The number of anilines is 1. The van der Waals surface area contributed by atoms with Gasteiger partial charge in [0.05, 0.1) is 42.6 Å². The summed E-state index contributed by atoms with van der Waals surface area (Å²) in [7, 11) is 0. The summed E-state index contributed by atoms with van der Waals surface area (Å²) in [6.07, 6.45) is 0.344. The first-order chi connectivity index (χ1) is 12.9. The summed E-state index contributed by atoms with van der Waals surface area (Å²) < 4.78 is 0. The fourth-order valence-corrected chi connectivity index (χ4v) is 3.62. The molecule has 1 aromatic heterocycles. The minimum absolute atomic E-state index is 0.164. The maximum Gasteiger partial charge on any atom is 0.234 e. The van der Waals surface area contributed by atoms with Gasteiger partial charge >= 0.3 is 0 Å². The van der Waals surface area contributed by atoms with Crippen molar-refractivity contribution in [3.05, 3.63) is 41.1 Å². The SMILES string of the molecule is CCC(CO)(CO)C(=O)N1Cc2c(-c3cccc(C)c3)nc(N)nc2[C@H]1C. The van der Waals surface area contributed by atoms with E-state index in [0.717, 1.165) is 22.4 Å². The molecular weight excluding hydrogens is 344 g/mol.